The number of halogens is 4. The van der Waals surface area contributed by atoms with E-state index in [1.165, 1.54) is 0 Å². The third kappa shape index (κ3) is 4.11. The van der Waals surface area contributed by atoms with Crippen LogP contribution < -0.4 is 9.47 Å². The van der Waals surface area contributed by atoms with Gasteiger partial charge in [-0.1, -0.05) is 6.92 Å². The lowest BCUT2D eigenvalue weighted by molar-refractivity contribution is -0.140. The number of benzene rings is 1. The van der Waals surface area contributed by atoms with Gasteiger partial charge < -0.3 is 9.47 Å². The molecule has 0 heterocycles. The van der Waals surface area contributed by atoms with Crippen LogP contribution >= 0.6 is 0 Å². The van der Waals surface area contributed by atoms with Crippen LogP contribution in [0.5, 0.6) is 11.5 Å². The summed E-state index contributed by atoms with van der Waals surface area (Å²) in [4.78, 5) is 11.9. The van der Waals surface area contributed by atoms with Gasteiger partial charge in [0.25, 0.3) is 0 Å². The van der Waals surface area contributed by atoms with Crippen LogP contribution in [-0.4, -0.2) is 12.6 Å². The zero-order valence-electron chi connectivity index (χ0n) is 12.0. The SMILES string of the molecule is CC1CCC(C(=O)Oc2cc(F)c(OC(F)F)c(F)c2)CC1. The lowest BCUT2D eigenvalue weighted by Gasteiger charge is -2.24. The molecule has 1 aliphatic carbocycles. The summed E-state index contributed by atoms with van der Waals surface area (Å²) in [6.07, 6.45) is 3.11. The van der Waals surface area contributed by atoms with Crippen molar-refractivity contribution in [2.24, 2.45) is 11.8 Å². The molecule has 3 nitrogen and oxygen atoms in total. The maximum atomic E-state index is 13.5. The molecule has 1 fully saturated rings. The van der Waals surface area contributed by atoms with Gasteiger partial charge in [-0.25, -0.2) is 8.78 Å². The number of alkyl halides is 2. The normalized spacial score (nSPS) is 21.7. The van der Waals surface area contributed by atoms with Crippen molar-refractivity contribution in [1.82, 2.24) is 0 Å². The van der Waals surface area contributed by atoms with Crippen LogP contribution in [0.25, 0.3) is 0 Å². The van der Waals surface area contributed by atoms with Crippen molar-refractivity contribution in [3.05, 3.63) is 23.8 Å². The Hall–Kier alpha value is -1.79. The van der Waals surface area contributed by atoms with E-state index in [1.807, 2.05) is 0 Å². The molecule has 0 unspecified atom stereocenters. The van der Waals surface area contributed by atoms with Gasteiger partial charge in [0.1, 0.15) is 5.75 Å². The van der Waals surface area contributed by atoms with Crippen molar-refractivity contribution < 1.29 is 31.8 Å². The first-order valence-corrected chi connectivity index (χ1v) is 7.02. The lowest BCUT2D eigenvalue weighted by Crippen LogP contribution is -2.25. The molecule has 0 atom stereocenters. The highest BCUT2D eigenvalue weighted by Gasteiger charge is 2.27. The second-order valence-electron chi connectivity index (χ2n) is 5.47. The molecule has 0 aromatic heterocycles. The van der Waals surface area contributed by atoms with Gasteiger partial charge in [-0.2, -0.15) is 8.78 Å². The van der Waals surface area contributed by atoms with E-state index in [9.17, 15) is 22.4 Å². The average Bonchev–Trinajstić information content (AvgIpc) is 2.43. The monoisotopic (exact) mass is 320 g/mol. The largest absolute Gasteiger partial charge is 0.429 e. The maximum Gasteiger partial charge on any atom is 0.387 e. The minimum atomic E-state index is -3.35. The number of ether oxygens (including phenoxy) is 2. The molecule has 0 N–H and O–H groups in total. The summed E-state index contributed by atoms with van der Waals surface area (Å²) < 4.78 is 59.8. The topological polar surface area (TPSA) is 35.5 Å². The van der Waals surface area contributed by atoms with Gasteiger partial charge in [0.05, 0.1) is 5.92 Å². The van der Waals surface area contributed by atoms with Crippen molar-refractivity contribution in [3.8, 4) is 11.5 Å². The molecular weight excluding hydrogens is 304 g/mol. The Balaban J connectivity index is 2.05. The van der Waals surface area contributed by atoms with Crippen molar-refractivity contribution in [3.63, 3.8) is 0 Å². The molecule has 0 bridgehead atoms. The summed E-state index contributed by atoms with van der Waals surface area (Å²) in [5.41, 5.74) is 0. The number of carbonyl (C=O) groups is 1. The lowest BCUT2D eigenvalue weighted by atomic mass is 9.83. The van der Waals surface area contributed by atoms with Crippen molar-refractivity contribution in [2.45, 2.75) is 39.2 Å². The second kappa shape index (κ2) is 6.98. The van der Waals surface area contributed by atoms with E-state index < -0.39 is 30.0 Å². The zero-order chi connectivity index (χ0) is 16.3. The molecule has 0 aliphatic heterocycles. The summed E-state index contributed by atoms with van der Waals surface area (Å²) in [5.74, 6) is -4.57. The number of hydrogen-bond acceptors (Lipinski definition) is 3. The van der Waals surface area contributed by atoms with Gasteiger partial charge in [-0.3, -0.25) is 4.79 Å². The zero-order valence-corrected chi connectivity index (χ0v) is 12.0. The van der Waals surface area contributed by atoms with E-state index in [4.69, 9.17) is 4.74 Å². The first-order valence-electron chi connectivity index (χ1n) is 7.02. The Morgan fingerprint density at radius 1 is 1.14 bits per heavy atom. The van der Waals surface area contributed by atoms with Gasteiger partial charge in [0.2, 0.25) is 0 Å². The van der Waals surface area contributed by atoms with Gasteiger partial charge in [-0.15, -0.1) is 0 Å². The third-order valence-electron chi connectivity index (χ3n) is 3.75. The molecule has 1 aromatic carbocycles. The van der Waals surface area contributed by atoms with Crippen molar-refractivity contribution in [2.75, 3.05) is 0 Å². The Kier molecular flexibility index (Phi) is 5.26. The predicted octanol–water partition coefficient (Wildman–Crippen LogP) is 4.30. The number of esters is 1. The van der Waals surface area contributed by atoms with Gasteiger partial charge in [-0.05, 0) is 31.6 Å². The smallest absolute Gasteiger partial charge is 0.387 e. The van der Waals surface area contributed by atoms with Gasteiger partial charge in [0, 0.05) is 12.1 Å². The number of hydrogen-bond donors (Lipinski definition) is 0. The van der Waals surface area contributed by atoms with E-state index in [-0.39, 0.29) is 11.7 Å². The van der Waals surface area contributed by atoms with Gasteiger partial charge in [0.15, 0.2) is 17.4 Å². The van der Waals surface area contributed by atoms with Crippen LogP contribution in [0, 0.1) is 23.5 Å². The average molecular weight is 320 g/mol. The van der Waals surface area contributed by atoms with E-state index >= 15 is 0 Å². The molecule has 122 valence electrons. The Morgan fingerprint density at radius 3 is 2.18 bits per heavy atom. The van der Waals surface area contributed by atoms with Crippen LogP contribution in [0.2, 0.25) is 0 Å². The van der Waals surface area contributed by atoms with Crippen molar-refractivity contribution in [1.29, 1.82) is 0 Å². The maximum absolute atomic E-state index is 13.5. The molecule has 0 saturated heterocycles. The highest BCUT2D eigenvalue weighted by Crippen LogP contribution is 2.31. The molecule has 2 rings (SSSR count). The van der Waals surface area contributed by atoms with Crippen LogP contribution in [0.1, 0.15) is 32.6 Å². The molecular formula is C15H16F4O3. The molecule has 0 spiro atoms. The number of rotatable bonds is 4. The fourth-order valence-corrected chi connectivity index (χ4v) is 2.49. The van der Waals surface area contributed by atoms with Gasteiger partial charge >= 0.3 is 12.6 Å². The molecule has 1 saturated carbocycles. The van der Waals surface area contributed by atoms with E-state index in [2.05, 4.69) is 11.7 Å². The molecule has 1 aliphatic rings. The molecule has 22 heavy (non-hydrogen) atoms. The minimum absolute atomic E-state index is 0.306. The summed E-state index contributed by atoms with van der Waals surface area (Å²) in [6, 6.07) is 1.31. The Morgan fingerprint density at radius 2 is 1.68 bits per heavy atom. The van der Waals surface area contributed by atoms with E-state index in [1.54, 1.807) is 0 Å². The predicted molar refractivity (Wildman–Crippen MR) is 69.7 cm³/mol. The summed E-state index contributed by atoms with van der Waals surface area (Å²) >= 11 is 0. The highest BCUT2D eigenvalue weighted by atomic mass is 19.3. The molecule has 0 radical (unpaired) electrons. The quantitative estimate of drug-likeness (QED) is 0.471. The summed E-state index contributed by atoms with van der Waals surface area (Å²) in [7, 11) is 0. The molecule has 1 aromatic rings. The van der Waals surface area contributed by atoms with Crippen molar-refractivity contribution >= 4 is 5.97 Å². The summed E-state index contributed by atoms with van der Waals surface area (Å²) in [6.45, 7) is -1.25. The standard InChI is InChI=1S/C15H16F4O3/c1-8-2-4-9(5-3-8)14(20)21-10-6-11(16)13(12(17)7-10)22-15(18)19/h6-9,15H,2-5H2,1H3. The first-order chi connectivity index (χ1) is 10.4. The summed E-state index contributed by atoms with van der Waals surface area (Å²) in [5, 5.41) is 0. The second-order valence-corrected chi connectivity index (χ2v) is 5.47. The minimum Gasteiger partial charge on any atom is -0.429 e. The van der Waals surface area contributed by atoms with Crippen LogP contribution in [0.15, 0.2) is 12.1 Å². The third-order valence-corrected chi connectivity index (χ3v) is 3.75. The van der Waals surface area contributed by atoms with Crippen LogP contribution in [-0.2, 0) is 4.79 Å². The Labute approximate surface area is 125 Å². The molecule has 0 amide bonds. The number of carbonyl (C=O) groups excluding carboxylic acids is 1. The van der Waals surface area contributed by atoms with Crippen LogP contribution in [0.3, 0.4) is 0 Å². The van der Waals surface area contributed by atoms with E-state index in [0.29, 0.717) is 30.9 Å². The first kappa shape index (κ1) is 16.6. The highest BCUT2D eigenvalue weighted by molar-refractivity contribution is 5.75. The fourth-order valence-electron chi connectivity index (χ4n) is 2.49. The van der Waals surface area contributed by atoms with E-state index in [0.717, 1.165) is 12.8 Å². The van der Waals surface area contributed by atoms with Crippen LogP contribution in [0.4, 0.5) is 17.6 Å². The Bertz CT molecular complexity index is 517. The fraction of sp³-hybridized carbons (Fsp3) is 0.533. The molecule has 7 heteroatoms.